The molecule has 0 radical (unpaired) electrons. The fourth-order valence-corrected chi connectivity index (χ4v) is 2.64. The summed E-state index contributed by atoms with van der Waals surface area (Å²) in [6, 6.07) is 0.443. The lowest BCUT2D eigenvalue weighted by Crippen LogP contribution is -2.46. The Hall–Kier alpha value is -1.85. The lowest BCUT2D eigenvalue weighted by atomic mass is 10.1. The molecule has 2 amide bonds. The van der Waals surface area contributed by atoms with Crippen LogP contribution in [0.3, 0.4) is 0 Å². The summed E-state index contributed by atoms with van der Waals surface area (Å²) in [6.07, 6.45) is 10.3. The first-order chi connectivity index (χ1) is 9.24. The molecule has 1 aromatic rings. The van der Waals surface area contributed by atoms with Crippen LogP contribution in [0.4, 0.5) is 0 Å². The zero-order chi connectivity index (χ0) is 13.2. The van der Waals surface area contributed by atoms with E-state index in [1.54, 1.807) is 12.5 Å². The molecular formula is C13H18N4O2. The fourth-order valence-electron chi connectivity index (χ4n) is 2.64. The van der Waals surface area contributed by atoms with Crippen LogP contribution in [0, 0.1) is 0 Å². The lowest BCUT2D eigenvalue weighted by Gasteiger charge is -2.21. The van der Waals surface area contributed by atoms with Crippen molar-refractivity contribution in [2.24, 2.45) is 0 Å². The Bertz CT molecular complexity index is 467. The minimum absolute atomic E-state index is 0.0200. The van der Waals surface area contributed by atoms with Crippen molar-refractivity contribution in [1.82, 2.24) is 20.2 Å². The first kappa shape index (κ1) is 12.2. The molecule has 3 rings (SSSR count). The van der Waals surface area contributed by atoms with Crippen LogP contribution in [0.5, 0.6) is 0 Å². The predicted octanol–water partition coefficient (Wildman–Crippen LogP) is 0.371. The molecule has 0 aliphatic heterocycles. The molecule has 0 unspecified atom stereocenters. The molecule has 0 bridgehead atoms. The van der Waals surface area contributed by atoms with Gasteiger partial charge in [-0.15, -0.1) is 0 Å². The van der Waals surface area contributed by atoms with Gasteiger partial charge < -0.3 is 15.2 Å². The van der Waals surface area contributed by atoms with E-state index in [-0.39, 0.29) is 18.1 Å². The molecule has 2 aliphatic carbocycles. The van der Waals surface area contributed by atoms with Crippen molar-refractivity contribution < 1.29 is 9.59 Å². The van der Waals surface area contributed by atoms with Gasteiger partial charge in [-0.05, 0) is 32.1 Å². The SMILES string of the molecule is O=C(NC1CC1)C(=O)N[C@@H]1CCC[C@@H]1n1ccnc1. The Morgan fingerprint density at radius 1 is 1.11 bits per heavy atom. The maximum Gasteiger partial charge on any atom is 0.309 e. The number of nitrogens with zero attached hydrogens (tertiary/aromatic N) is 2. The highest BCUT2D eigenvalue weighted by molar-refractivity contribution is 6.35. The number of aromatic nitrogens is 2. The Morgan fingerprint density at radius 2 is 1.89 bits per heavy atom. The molecule has 0 saturated heterocycles. The van der Waals surface area contributed by atoms with Gasteiger partial charge in [0.25, 0.3) is 0 Å². The van der Waals surface area contributed by atoms with Gasteiger partial charge in [0.05, 0.1) is 18.4 Å². The van der Waals surface area contributed by atoms with E-state index in [9.17, 15) is 9.59 Å². The number of hydrogen-bond donors (Lipinski definition) is 2. The molecule has 1 aromatic heterocycles. The number of rotatable bonds is 3. The maximum absolute atomic E-state index is 11.8. The van der Waals surface area contributed by atoms with Crippen LogP contribution in [0.15, 0.2) is 18.7 Å². The van der Waals surface area contributed by atoms with E-state index >= 15 is 0 Å². The predicted molar refractivity (Wildman–Crippen MR) is 68.2 cm³/mol. The Kier molecular flexibility index (Phi) is 3.23. The second-order valence-corrected chi connectivity index (χ2v) is 5.34. The van der Waals surface area contributed by atoms with Gasteiger partial charge in [-0.1, -0.05) is 0 Å². The summed E-state index contributed by atoms with van der Waals surface area (Å²) < 4.78 is 2.01. The van der Waals surface area contributed by atoms with E-state index in [1.165, 1.54) is 0 Å². The summed E-state index contributed by atoms with van der Waals surface area (Å²) in [5.41, 5.74) is 0. The van der Waals surface area contributed by atoms with Crippen LogP contribution >= 0.6 is 0 Å². The van der Waals surface area contributed by atoms with Crippen molar-refractivity contribution in [3.63, 3.8) is 0 Å². The Morgan fingerprint density at radius 3 is 2.58 bits per heavy atom. The third-order valence-electron chi connectivity index (χ3n) is 3.82. The number of imidazole rings is 1. The number of carbonyl (C=O) groups excluding carboxylic acids is 2. The lowest BCUT2D eigenvalue weighted by molar-refractivity contribution is -0.139. The van der Waals surface area contributed by atoms with Crippen molar-refractivity contribution in [1.29, 1.82) is 0 Å². The van der Waals surface area contributed by atoms with Crippen molar-refractivity contribution in [2.75, 3.05) is 0 Å². The largest absolute Gasteiger partial charge is 0.345 e. The molecule has 2 aliphatic rings. The normalized spacial score (nSPS) is 26.1. The van der Waals surface area contributed by atoms with E-state index in [4.69, 9.17) is 0 Å². The Labute approximate surface area is 111 Å². The minimum atomic E-state index is -0.510. The summed E-state index contributed by atoms with van der Waals surface area (Å²) in [4.78, 5) is 27.5. The quantitative estimate of drug-likeness (QED) is 0.773. The average Bonchev–Trinajstić information content (AvgIpc) is 2.90. The molecular weight excluding hydrogens is 244 g/mol. The zero-order valence-electron chi connectivity index (χ0n) is 10.7. The molecule has 6 nitrogen and oxygen atoms in total. The number of nitrogens with one attached hydrogen (secondary N) is 2. The van der Waals surface area contributed by atoms with Crippen molar-refractivity contribution >= 4 is 11.8 Å². The highest BCUT2D eigenvalue weighted by Crippen LogP contribution is 2.29. The van der Waals surface area contributed by atoms with Gasteiger partial charge in [0.1, 0.15) is 0 Å². The van der Waals surface area contributed by atoms with Crippen LogP contribution < -0.4 is 10.6 Å². The molecule has 2 saturated carbocycles. The second kappa shape index (κ2) is 5.03. The molecule has 0 spiro atoms. The smallest absolute Gasteiger partial charge is 0.309 e. The monoisotopic (exact) mass is 262 g/mol. The van der Waals surface area contributed by atoms with Crippen molar-refractivity contribution in [2.45, 2.75) is 50.2 Å². The topological polar surface area (TPSA) is 76.0 Å². The summed E-state index contributed by atoms with van der Waals surface area (Å²) >= 11 is 0. The second-order valence-electron chi connectivity index (χ2n) is 5.34. The fraction of sp³-hybridized carbons (Fsp3) is 0.615. The van der Waals surface area contributed by atoms with Crippen LogP contribution in [0.25, 0.3) is 0 Å². The molecule has 2 N–H and O–H groups in total. The summed E-state index contributed by atoms with van der Waals surface area (Å²) in [5.74, 6) is -1.01. The van der Waals surface area contributed by atoms with Crippen LogP contribution in [0.2, 0.25) is 0 Å². The van der Waals surface area contributed by atoms with Crippen LogP contribution in [0.1, 0.15) is 38.1 Å². The highest BCUT2D eigenvalue weighted by Gasteiger charge is 2.32. The standard InChI is InChI=1S/C13H18N4O2/c18-12(15-9-4-5-9)13(19)16-10-2-1-3-11(10)17-7-6-14-8-17/h6-11H,1-5H2,(H,15,18)(H,16,19)/t10-,11+/m1/s1. The first-order valence-electron chi connectivity index (χ1n) is 6.83. The molecule has 2 fully saturated rings. The molecule has 19 heavy (non-hydrogen) atoms. The van der Waals surface area contributed by atoms with Crippen molar-refractivity contribution in [3.05, 3.63) is 18.7 Å². The van der Waals surface area contributed by atoms with Gasteiger partial charge in [0, 0.05) is 18.4 Å². The van der Waals surface area contributed by atoms with Gasteiger partial charge in [-0.25, -0.2) is 4.98 Å². The van der Waals surface area contributed by atoms with E-state index in [1.807, 2.05) is 10.8 Å². The zero-order valence-corrected chi connectivity index (χ0v) is 10.7. The van der Waals surface area contributed by atoms with E-state index in [0.717, 1.165) is 32.1 Å². The van der Waals surface area contributed by atoms with E-state index in [2.05, 4.69) is 15.6 Å². The van der Waals surface area contributed by atoms with Gasteiger partial charge in [-0.3, -0.25) is 9.59 Å². The molecule has 2 atom stereocenters. The number of carbonyl (C=O) groups is 2. The summed E-state index contributed by atoms with van der Waals surface area (Å²) in [5, 5.41) is 5.56. The number of hydrogen-bond acceptors (Lipinski definition) is 3. The summed E-state index contributed by atoms with van der Waals surface area (Å²) in [6.45, 7) is 0. The van der Waals surface area contributed by atoms with Crippen LogP contribution in [-0.4, -0.2) is 33.4 Å². The number of amides is 2. The third kappa shape index (κ3) is 2.77. The highest BCUT2D eigenvalue weighted by atomic mass is 16.2. The van der Waals surface area contributed by atoms with Gasteiger partial charge in [0.2, 0.25) is 0 Å². The minimum Gasteiger partial charge on any atom is -0.345 e. The first-order valence-corrected chi connectivity index (χ1v) is 6.83. The van der Waals surface area contributed by atoms with Gasteiger partial charge in [0.15, 0.2) is 0 Å². The van der Waals surface area contributed by atoms with Gasteiger partial charge >= 0.3 is 11.8 Å². The van der Waals surface area contributed by atoms with Crippen LogP contribution in [-0.2, 0) is 9.59 Å². The average molecular weight is 262 g/mol. The maximum atomic E-state index is 11.8. The molecule has 0 aromatic carbocycles. The molecule has 6 heteroatoms. The van der Waals surface area contributed by atoms with E-state index < -0.39 is 11.8 Å². The Balaban J connectivity index is 1.58. The molecule has 1 heterocycles. The van der Waals surface area contributed by atoms with Gasteiger partial charge in [-0.2, -0.15) is 0 Å². The van der Waals surface area contributed by atoms with E-state index in [0.29, 0.717) is 0 Å². The molecule has 102 valence electrons. The van der Waals surface area contributed by atoms with Crippen molar-refractivity contribution in [3.8, 4) is 0 Å². The summed E-state index contributed by atoms with van der Waals surface area (Å²) in [7, 11) is 0. The third-order valence-corrected chi connectivity index (χ3v) is 3.82.